The Labute approximate surface area is 130 Å². The second kappa shape index (κ2) is 5.69. The molecule has 1 aromatic heterocycles. The Bertz CT molecular complexity index is 797. The third kappa shape index (κ3) is 2.86. The number of benzene rings is 2. The zero-order valence-electron chi connectivity index (χ0n) is 10.5. The van der Waals surface area contributed by atoms with Crippen molar-refractivity contribution >= 4 is 28.1 Å². The molecule has 0 radical (unpaired) electrons. The average Bonchev–Trinajstić information content (AvgIpc) is 2.47. The van der Waals surface area contributed by atoms with Crippen LogP contribution in [0.2, 0.25) is 0 Å². The number of nitrogens with zero attached hydrogens (tertiary/aromatic N) is 1. The van der Waals surface area contributed by atoms with Crippen LogP contribution in [0.3, 0.4) is 0 Å². The standard InChI is InChI=1S/C16H11BrN2S/c17-13-8-4-7-12(9-13)16-18-14(10-15(20)19-16)11-5-2-1-3-6-11/h1-10H,(H,18,19,20). The third-order valence-electron chi connectivity index (χ3n) is 2.93. The zero-order valence-corrected chi connectivity index (χ0v) is 12.9. The van der Waals surface area contributed by atoms with Gasteiger partial charge in [0.15, 0.2) is 0 Å². The normalized spacial score (nSPS) is 10.4. The van der Waals surface area contributed by atoms with Crippen molar-refractivity contribution in [3.05, 3.63) is 69.8 Å². The predicted octanol–water partition coefficient (Wildman–Crippen LogP) is 5.24. The Morgan fingerprint density at radius 1 is 0.900 bits per heavy atom. The summed E-state index contributed by atoms with van der Waals surface area (Å²) in [6.07, 6.45) is 0. The van der Waals surface area contributed by atoms with E-state index in [0.717, 1.165) is 27.1 Å². The number of hydrogen-bond donors (Lipinski definition) is 1. The molecule has 3 rings (SSSR count). The molecule has 4 heteroatoms. The van der Waals surface area contributed by atoms with Crippen LogP contribution < -0.4 is 0 Å². The summed E-state index contributed by atoms with van der Waals surface area (Å²) in [5, 5.41) is 0. The van der Waals surface area contributed by atoms with Crippen LogP contribution >= 0.6 is 28.1 Å². The lowest BCUT2D eigenvalue weighted by atomic mass is 10.1. The van der Waals surface area contributed by atoms with Gasteiger partial charge in [0.2, 0.25) is 0 Å². The Balaban J connectivity index is 2.15. The van der Waals surface area contributed by atoms with E-state index in [0.29, 0.717) is 4.64 Å². The van der Waals surface area contributed by atoms with Crippen LogP contribution in [0, 0.1) is 4.64 Å². The van der Waals surface area contributed by atoms with Crippen molar-refractivity contribution < 1.29 is 0 Å². The van der Waals surface area contributed by atoms with Crippen molar-refractivity contribution in [1.82, 2.24) is 9.97 Å². The van der Waals surface area contributed by atoms with Crippen LogP contribution in [-0.4, -0.2) is 9.97 Å². The fourth-order valence-corrected chi connectivity index (χ4v) is 2.61. The summed E-state index contributed by atoms with van der Waals surface area (Å²) in [7, 11) is 0. The van der Waals surface area contributed by atoms with E-state index in [1.807, 2.05) is 60.7 Å². The van der Waals surface area contributed by atoms with Gasteiger partial charge in [0.25, 0.3) is 0 Å². The van der Waals surface area contributed by atoms with Crippen LogP contribution in [0.1, 0.15) is 0 Å². The van der Waals surface area contributed by atoms with E-state index in [4.69, 9.17) is 12.2 Å². The van der Waals surface area contributed by atoms with Crippen LogP contribution in [0.5, 0.6) is 0 Å². The molecule has 2 aromatic carbocycles. The maximum atomic E-state index is 5.28. The molecular weight excluding hydrogens is 332 g/mol. The largest absolute Gasteiger partial charge is 0.339 e. The summed E-state index contributed by atoms with van der Waals surface area (Å²) in [5.74, 6) is 0.776. The lowest BCUT2D eigenvalue weighted by Crippen LogP contribution is -1.92. The summed E-state index contributed by atoms with van der Waals surface area (Å²) < 4.78 is 1.60. The number of aromatic amines is 1. The number of halogens is 1. The average molecular weight is 343 g/mol. The highest BCUT2D eigenvalue weighted by molar-refractivity contribution is 9.10. The summed E-state index contributed by atoms with van der Waals surface area (Å²) in [4.78, 5) is 7.76. The summed E-state index contributed by atoms with van der Waals surface area (Å²) >= 11 is 8.75. The minimum atomic E-state index is 0.581. The number of rotatable bonds is 2. The van der Waals surface area contributed by atoms with Crippen LogP contribution in [-0.2, 0) is 0 Å². The molecule has 0 saturated heterocycles. The van der Waals surface area contributed by atoms with Gasteiger partial charge >= 0.3 is 0 Å². The van der Waals surface area contributed by atoms with Gasteiger partial charge in [0, 0.05) is 15.7 Å². The Kier molecular flexibility index (Phi) is 3.76. The SMILES string of the molecule is S=c1cc(-c2ccccc2)[nH]c(-c2cccc(Br)c2)n1. The number of H-pyrrole nitrogens is 1. The molecule has 0 amide bonds. The fraction of sp³-hybridized carbons (Fsp3) is 0. The summed E-state index contributed by atoms with van der Waals surface area (Å²) in [5.41, 5.74) is 3.07. The van der Waals surface area contributed by atoms with Crippen LogP contribution in [0.25, 0.3) is 22.6 Å². The molecule has 98 valence electrons. The molecule has 0 aliphatic rings. The van der Waals surface area contributed by atoms with Crippen molar-refractivity contribution in [2.24, 2.45) is 0 Å². The first-order valence-electron chi connectivity index (χ1n) is 6.15. The van der Waals surface area contributed by atoms with Gasteiger partial charge in [0.1, 0.15) is 10.5 Å². The van der Waals surface area contributed by atoms with E-state index in [1.165, 1.54) is 0 Å². The van der Waals surface area contributed by atoms with Crippen molar-refractivity contribution in [2.75, 3.05) is 0 Å². The van der Waals surface area contributed by atoms with Crippen molar-refractivity contribution in [3.63, 3.8) is 0 Å². The zero-order chi connectivity index (χ0) is 13.9. The van der Waals surface area contributed by atoms with Crippen molar-refractivity contribution in [2.45, 2.75) is 0 Å². The molecule has 0 fully saturated rings. The number of hydrogen-bond acceptors (Lipinski definition) is 2. The van der Waals surface area contributed by atoms with Gasteiger partial charge in [-0.15, -0.1) is 0 Å². The maximum Gasteiger partial charge on any atom is 0.139 e. The first-order chi connectivity index (χ1) is 9.72. The molecular formula is C16H11BrN2S. The highest BCUT2D eigenvalue weighted by Crippen LogP contribution is 2.23. The van der Waals surface area contributed by atoms with E-state index >= 15 is 0 Å². The van der Waals surface area contributed by atoms with E-state index in [2.05, 4.69) is 25.9 Å². The van der Waals surface area contributed by atoms with Gasteiger partial charge in [-0.2, -0.15) is 0 Å². The molecule has 1 heterocycles. The van der Waals surface area contributed by atoms with Gasteiger partial charge < -0.3 is 4.98 Å². The second-order valence-corrected chi connectivity index (χ2v) is 5.69. The Morgan fingerprint density at radius 2 is 1.65 bits per heavy atom. The molecule has 0 saturated carbocycles. The molecule has 0 bridgehead atoms. The molecule has 0 unspecified atom stereocenters. The minimum Gasteiger partial charge on any atom is -0.339 e. The monoisotopic (exact) mass is 342 g/mol. The lowest BCUT2D eigenvalue weighted by Gasteiger charge is -2.06. The number of nitrogens with one attached hydrogen (secondary N) is 1. The Morgan fingerprint density at radius 3 is 2.40 bits per heavy atom. The minimum absolute atomic E-state index is 0.581. The first-order valence-corrected chi connectivity index (χ1v) is 7.35. The first kappa shape index (κ1) is 13.2. The maximum absolute atomic E-state index is 5.28. The highest BCUT2D eigenvalue weighted by atomic mass is 79.9. The number of aromatic nitrogens is 2. The second-order valence-electron chi connectivity index (χ2n) is 4.36. The van der Waals surface area contributed by atoms with E-state index in [-0.39, 0.29) is 0 Å². The van der Waals surface area contributed by atoms with Gasteiger partial charge in [-0.1, -0.05) is 70.6 Å². The van der Waals surface area contributed by atoms with Gasteiger partial charge in [-0.25, -0.2) is 4.98 Å². The predicted molar refractivity (Wildman–Crippen MR) is 88.0 cm³/mol. The summed E-state index contributed by atoms with van der Waals surface area (Å²) in [6.45, 7) is 0. The molecule has 20 heavy (non-hydrogen) atoms. The van der Waals surface area contributed by atoms with Crippen LogP contribution in [0.4, 0.5) is 0 Å². The molecule has 0 atom stereocenters. The van der Waals surface area contributed by atoms with Gasteiger partial charge in [-0.05, 0) is 23.8 Å². The topological polar surface area (TPSA) is 28.7 Å². The Hall–Kier alpha value is -1.78. The molecule has 1 N–H and O–H groups in total. The van der Waals surface area contributed by atoms with Crippen LogP contribution in [0.15, 0.2) is 65.1 Å². The van der Waals surface area contributed by atoms with Gasteiger partial charge in [-0.3, -0.25) is 0 Å². The van der Waals surface area contributed by atoms with Gasteiger partial charge in [0.05, 0.1) is 0 Å². The van der Waals surface area contributed by atoms with E-state index < -0.39 is 0 Å². The molecule has 3 aromatic rings. The fourth-order valence-electron chi connectivity index (χ4n) is 2.00. The highest BCUT2D eigenvalue weighted by Gasteiger charge is 2.04. The van der Waals surface area contributed by atoms with E-state index in [9.17, 15) is 0 Å². The van der Waals surface area contributed by atoms with Crippen molar-refractivity contribution in [3.8, 4) is 22.6 Å². The molecule has 0 aliphatic carbocycles. The molecule has 0 spiro atoms. The quantitative estimate of drug-likeness (QED) is 0.645. The van der Waals surface area contributed by atoms with E-state index in [1.54, 1.807) is 0 Å². The smallest absolute Gasteiger partial charge is 0.139 e. The lowest BCUT2D eigenvalue weighted by molar-refractivity contribution is 1.16. The summed E-state index contributed by atoms with van der Waals surface area (Å²) in [6, 6.07) is 20.0. The molecule has 2 nitrogen and oxygen atoms in total. The van der Waals surface area contributed by atoms with Crippen molar-refractivity contribution in [1.29, 1.82) is 0 Å². The molecule has 0 aliphatic heterocycles. The third-order valence-corrected chi connectivity index (χ3v) is 3.63.